The first kappa shape index (κ1) is 17.0. The molecule has 4 nitrogen and oxygen atoms in total. The molecule has 1 heterocycles. The van der Waals surface area contributed by atoms with Crippen molar-refractivity contribution in [1.29, 1.82) is 0 Å². The van der Waals surface area contributed by atoms with Crippen LogP contribution in [0.25, 0.3) is 0 Å². The summed E-state index contributed by atoms with van der Waals surface area (Å²) in [7, 11) is 0. The second-order valence-electron chi connectivity index (χ2n) is 7.25. The third kappa shape index (κ3) is 3.41. The molecule has 0 unspecified atom stereocenters. The average Bonchev–Trinajstić information content (AvgIpc) is 3.05. The Bertz CT molecular complexity index is 766. The van der Waals surface area contributed by atoms with Crippen LogP contribution < -0.4 is 14.8 Å². The number of rotatable bonds is 4. The monoisotopic (exact) mass is 351 g/mol. The van der Waals surface area contributed by atoms with Crippen molar-refractivity contribution >= 4 is 5.91 Å². The van der Waals surface area contributed by atoms with E-state index in [1.165, 1.54) is 18.4 Å². The molecule has 1 saturated carbocycles. The summed E-state index contributed by atoms with van der Waals surface area (Å²) in [6.07, 6.45) is 5.54. The second kappa shape index (κ2) is 7.40. The summed E-state index contributed by atoms with van der Waals surface area (Å²) in [5.41, 5.74) is 2.01. The van der Waals surface area contributed by atoms with Gasteiger partial charge >= 0.3 is 0 Å². The van der Waals surface area contributed by atoms with Crippen LogP contribution in [-0.2, 0) is 5.41 Å². The molecule has 4 rings (SSSR count). The molecule has 0 bridgehead atoms. The van der Waals surface area contributed by atoms with Gasteiger partial charge in [0.05, 0.1) is 13.2 Å². The van der Waals surface area contributed by atoms with Gasteiger partial charge in [-0.25, -0.2) is 0 Å². The number of hydrogen-bond donors (Lipinski definition) is 1. The van der Waals surface area contributed by atoms with Crippen molar-refractivity contribution < 1.29 is 14.3 Å². The lowest BCUT2D eigenvalue weighted by Crippen LogP contribution is -2.39. The van der Waals surface area contributed by atoms with Gasteiger partial charge in [-0.1, -0.05) is 43.2 Å². The minimum atomic E-state index is -0.0529. The van der Waals surface area contributed by atoms with Gasteiger partial charge in [0.1, 0.15) is 0 Å². The van der Waals surface area contributed by atoms with Crippen molar-refractivity contribution in [3.8, 4) is 11.5 Å². The van der Waals surface area contributed by atoms with Crippen LogP contribution in [0.4, 0.5) is 0 Å². The highest BCUT2D eigenvalue weighted by Crippen LogP contribution is 2.40. The third-order valence-electron chi connectivity index (χ3n) is 5.54. The van der Waals surface area contributed by atoms with Gasteiger partial charge in [0, 0.05) is 23.9 Å². The highest BCUT2D eigenvalue weighted by molar-refractivity contribution is 5.95. The SMILES string of the molecule is O=C(NCC1(c2ccccc2)CCCC1)c1ccc2c(c1)OCCCO2. The maximum atomic E-state index is 12.7. The lowest BCUT2D eigenvalue weighted by atomic mass is 9.79. The Morgan fingerprint density at radius 2 is 1.65 bits per heavy atom. The molecule has 1 N–H and O–H groups in total. The Hall–Kier alpha value is -2.49. The first-order chi connectivity index (χ1) is 12.8. The maximum absolute atomic E-state index is 12.7. The Morgan fingerprint density at radius 3 is 2.42 bits per heavy atom. The van der Waals surface area contributed by atoms with Crippen LogP contribution in [0.1, 0.15) is 48.0 Å². The van der Waals surface area contributed by atoms with E-state index >= 15 is 0 Å². The Kier molecular flexibility index (Phi) is 4.83. The van der Waals surface area contributed by atoms with Crippen LogP contribution >= 0.6 is 0 Å². The lowest BCUT2D eigenvalue weighted by molar-refractivity contribution is 0.0942. The molecule has 2 aliphatic rings. The van der Waals surface area contributed by atoms with E-state index in [1.54, 1.807) is 6.07 Å². The Labute approximate surface area is 154 Å². The van der Waals surface area contributed by atoms with Gasteiger partial charge in [0.25, 0.3) is 5.91 Å². The first-order valence-electron chi connectivity index (χ1n) is 9.50. The number of benzene rings is 2. The van der Waals surface area contributed by atoms with E-state index in [-0.39, 0.29) is 11.3 Å². The van der Waals surface area contributed by atoms with Crippen LogP contribution in [0.2, 0.25) is 0 Å². The van der Waals surface area contributed by atoms with Crippen molar-refractivity contribution in [2.75, 3.05) is 19.8 Å². The van der Waals surface area contributed by atoms with E-state index in [0.29, 0.717) is 31.1 Å². The Balaban J connectivity index is 1.49. The van der Waals surface area contributed by atoms with Crippen LogP contribution in [0.3, 0.4) is 0 Å². The van der Waals surface area contributed by atoms with Gasteiger partial charge in [-0.05, 0) is 36.6 Å². The van der Waals surface area contributed by atoms with E-state index in [9.17, 15) is 4.79 Å². The summed E-state index contributed by atoms with van der Waals surface area (Å²) < 4.78 is 11.3. The van der Waals surface area contributed by atoms with Gasteiger partial charge in [-0.3, -0.25) is 4.79 Å². The minimum Gasteiger partial charge on any atom is -0.490 e. The van der Waals surface area contributed by atoms with Gasteiger partial charge in [-0.2, -0.15) is 0 Å². The molecule has 136 valence electrons. The lowest BCUT2D eigenvalue weighted by Gasteiger charge is -2.30. The molecule has 0 radical (unpaired) electrons. The second-order valence-corrected chi connectivity index (χ2v) is 7.25. The summed E-state index contributed by atoms with van der Waals surface area (Å²) >= 11 is 0. The quantitative estimate of drug-likeness (QED) is 0.902. The zero-order chi connectivity index (χ0) is 17.8. The van der Waals surface area contributed by atoms with E-state index in [0.717, 1.165) is 25.0 Å². The summed E-state index contributed by atoms with van der Waals surface area (Å²) in [5, 5.41) is 3.17. The number of nitrogens with one attached hydrogen (secondary N) is 1. The standard InChI is InChI=1S/C22H25NO3/c24-21(17-9-10-19-20(15-17)26-14-6-13-25-19)23-16-22(11-4-5-12-22)18-7-2-1-3-8-18/h1-3,7-10,15H,4-6,11-14,16H2,(H,23,24). The molecular formula is C22H25NO3. The molecule has 2 aromatic carbocycles. The zero-order valence-electron chi connectivity index (χ0n) is 15.0. The molecule has 0 atom stereocenters. The van der Waals surface area contributed by atoms with Gasteiger partial charge < -0.3 is 14.8 Å². The molecule has 1 aliphatic heterocycles. The van der Waals surface area contributed by atoms with Crippen molar-refractivity contribution in [2.45, 2.75) is 37.5 Å². The van der Waals surface area contributed by atoms with E-state index in [4.69, 9.17) is 9.47 Å². The maximum Gasteiger partial charge on any atom is 0.251 e. The van der Waals surface area contributed by atoms with Gasteiger partial charge in [0.2, 0.25) is 0 Å². The van der Waals surface area contributed by atoms with E-state index < -0.39 is 0 Å². The molecule has 1 aliphatic carbocycles. The fourth-order valence-corrected chi connectivity index (χ4v) is 4.07. The molecule has 2 aromatic rings. The van der Waals surface area contributed by atoms with Crippen LogP contribution in [-0.4, -0.2) is 25.7 Å². The van der Waals surface area contributed by atoms with Gasteiger partial charge in [0.15, 0.2) is 11.5 Å². The predicted octanol–water partition coefficient (Wildman–Crippen LogP) is 4.09. The fraction of sp³-hybridized carbons (Fsp3) is 0.409. The van der Waals surface area contributed by atoms with Crippen LogP contribution in [0, 0.1) is 0 Å². The highest BCUT2D eigenvalue weighted by Gasteiger charge is 2.35. The van der Waals surface area contributed by atoms with Crippen LogP contribution in [0.15, 0.2) is 48.5 Å². The van der Waals surface area contributed by atoms with Crippen molar-refractivity contribution in [1.82, 2.24) is 5.32 Å². The molecular weight excluding hydrogens is 326 g/mol. The Morgan fingerprint density at radius 1 is 0.923 bits per heavy atom. The normalized spacial score (nSPS) is 18.2. The fourth-order valence-electron chi connectivity index (χ4n) is 4.07. The third-order valence-corrected chi connectivity index (χ3v) is 5.54. The summed E-state index contributed by atoms with van der Waals surface area (Å²) in [6, 6.07) is 16.0. The number of hydrogen-bond acceptors (Lipinski definition) is 3. The molecule has 1 fully saturated rings. The molecule has 0 spiro atoms. The molecule has 0 saturated heterocycles. The van der Waals surface area contributed by atoms with E-state index in [1.807, 2.05) is 18.2 Å². The zero-order valence-corrected chi connectivity index (χ0v) is 15.0. The number of carbonyl (C=O) groups is 1. The van der Waals surface area contributed by atoms with Crippen molar-refractivity contribution in [3.63, 3.8) is 0 Å². The van der Waals surface area contributed by atoms with E-state index in [2.05, 4.69) is 29.6 Å². The highest BCUT2D eigenvalue weighted by atomic mass is 16.5. The van der Waals surface area contributed by atoms with Crippen molar-refractivity contribution in [3.05, 3.63) is 59.7 Å². The predicted molar refractivity (Wildman–Crippen MR) is 101 cm³/mol. The molecule has 26 heavy (non-hydrogen) atoms. The minimum absolute atomic E-state index is 0.0529. The summed E-state index contributed by atoms with van der Waals surface area (Å²) in [4.78, 5) is 12.7. The van der Waals surface area contributed by atoms with Crippen LogP contribution in [0.5, 0.6) is 11.5 Å². The number of amides is 1. The number of fused-ring (bicyclic) bond motifs is 1. The molecule has 4 heteroatoms. The average molecular weight is 351 g/mol. The first-order valence-corrected chi connectivity index (χ1v) is 9.50. The topological polar surface area (TPSA) is 47.6 Å². The summed E-state index contributed by atoms with van der Waals surface area (Å²) in [5.74, 6) is 1.33. The van der Waals surface area contributed by atoms with Crippen molar-refractivity contribution in [2.24, 2.45) is 0 Å². The smallest absolute Gasteiger partial charge is 0.251 e. The summed E-state index contributed by atoms with van der Waals surface area (Å²) in [6.45, 7) is 1.94. The molecule has 0 aromatic heterocycles. The number of ether oxygens (including phenoxy) is 2. The molecule has 1 amide bonds. The number of carbonyl (C=O) groups excluding carboxylic acids is 1. The largest absolute Gasteiger partial charge is 0.490 e. The van der Waals surface area contributed by atoms with Gasteiger partial charge in [-0.15, -0.1) is 0 Å².